The molecule has 0 saturated carbocycles. The van der Waals surface area contributed by atoms with Gasteiger partial charge in [0.15, 0.2) is 18.3 Å². The van der Waals surface area contributed by atoms with Gasteiger partial charge in [0, 0.05) is 39.7 Å². The van der Waals surface area contributed by atoms with Gasteiger partial charge in [-0.3, -0.25) is 19.2 Å². The van der Waals surface area contributed by atoms with Crippen LogP contribution in [0.5, 0.6) is 11.5 Å². The van der Waals surface area contributed by atoms with Crippen LogP contribution in [0, 0.1) is 11.3 Å². The maximum absolute atomic E-state index is 12.8. The van der Waals surface area contributed by atoms with Crippen LogP contribution in [0.2, 0.25) is 0 Å². The highest BCUT2D eigenvalue weighted by Gasteiger charge is 2.53. The Labute approximate surface area is 295 Å². The van der Waals surface area contributed by atoms with E-state index >= 15 is 0 Å². The number of esters is 4. The third kappa shape index (κ3) is 10.1. The van der Waals surface area contributed by atoms with Gasteiger partial charge < -0.3 is 37.3 Å². The normalized spacial score (nSPS) is 23.1. The maximum Gasteiger partial charge on any atom is 0.534 e. The Morgan fingerprint density at radius 1 is 0.904 bits per heavy atom. The lowest BCUT2D eigenvalue weighted by Gasteiger charge is -2.45. The van der Waals surface area contributed by atoms with Crippen molar-refractivity contribution in [2.75, 3.05) is 19.8 Å². The summed E-state index contributed by atoms with van der Waals surface area (Å²) < 4.78 is 105. The Kier molecular flexibility index (Phi) is 12.7. The second-order valence-corrected chi connectivity index (χ2v) is 13.2. The molecular formula is C33H34F3NO14S. The molecule has 0 N–H and O–H groups in total. The van der Waals surface area contributed by atoms with Gasteiger partial charge in [-0.2, -0.15) is 26.9 Å². The summed E-state index contributed by atoms with van der Waals surface area (Å²) in [6, 6.07) is 9.53. The Bertz CT molecular complexity index is 1800. The molecule has 0 bridgehead atoms. The predicted octanol–water partition coefficient (Wildman–Crippen LogP) is 3.34. The highest BCUT2D eigenvalue weighted by molar-refractivity contribution is 7.88. The number of alkyl halides is 3. The Hall–Kier alpha value is -4.93. The molecule has 15 nitrogen and oxygen atoms in total. The number of hydrogen-bond acceptors (Lipinski definition) is 15. The van der Waals surface area contributed by atoms with E-state index in [1.54, 1.807) is 0 Å². The van der Waals surface area contributed by atoms with E-state index in [4.69, 9.17) is 33.2 Å². The van der Waals surface area contributed by atoms with Crippen LogP contribution in [0.3, 0.4) is 0 Å². The van der Waals surface area contributed by atoms with Gasteiger partial charge in [0.1, 0.15) is 36.4 Å². The van der Waals surface area contributed by atoms with Gasteiger partial charge in [-0.25, -0.2) is 0 Å². The largest absolute Gasteiger partial charge is 0.534 e. The topological polar surface area (TPSA) is 200 Å². The molecule has 282 valence electrons. The van der Waals surface area contributed by atoms with Gasteiger partial charge in [-0.15, -0.1) is 0 Å². The van der Waals surface area contributed by atoms with Gasteiger partial charge in [0.2, 0.25) is 0 Å². The fourth-order valence-electron chi connectivity index (χ4n) is 5.54. The van der Waals surface area contributed by atoms with E-state index < -0.39 is 88.5 Å². The number of nitriles is 1. The summed E-state index contributed by atoms with van der Waals surface area (Å²) in [6.45, 7) is 4.44. The predicted molar refractivity (Wildman–Crippen MR) is 167 cm³/mol. The third-order valence-corrected chi connectivity index (χ3v) is 8.62. The van der Waals surface area contributed by atoms with E-state index in [9.17, 15) is 46.0 Å². The lowest BCUT2D eigenvalue weighted by Crippen LogP contribution is -2.59. The molecule has 0 aromatic heterocycles. The average molecular weight is 758 g/mol. The molecule has 0 amide bonds. The monoisotopic (exact) mass is 757 g/mol. The molecule has 2 aromatic rings. The number of halogens is 3. The SMILES string of the molecule is CC(=O)OCC1O[C@@H](c2cc(Cc3ccc(OS(=O)(=O)C(F)(F)F)cc3)c(C#N)cc2O[C@@H]2CCOC2)[C@H](OC(C)=O)[C@@H](OC(C)=O)[C@@H]1OC(C)=O. The Morgan fingerprint density at radius 3 is 2.06 bits per heavy atom. The lowest BCUT2D eigenvalue weighted by atomic mass is 9.87. The van der Waals surface area contributed by atoms with Crippen molar-refractivity contribution in [1.29, 1.82) is 5.26 Å². The molecule has 2 heterocycles. The number of carbonyl (C=O) groups is 4. The van der Waals surface area contributed by atoms with Crippen molar-refractivity contribution >= 4 is 34.0 Å². The summed E-state index contributed by atoms with van der Waals surface area (Å²) in [5.41, 5.74) is -4.69. The summed E-state index contributed by atoms with van der Waals surface area (Å²) in [6.07, 6.45) is -7.19. The van der Waals surface area contributed by atoms with E-state index in [1.807, 2.05) is 0 Å². The van der Waals surface area contributed by atoms with Crippen molar-refractivity contribution in [2.24, 2.45) is 0 Å². The molecule has 2 aliphatic rings. The molecule has 4 rings (SSSR count). The van der Waals surface area contributed by atoms with Crippen molar-refractivity contribution in [3.63, 3.8) is 0 Å². The van der Waals surface area contributed by atoms with Crippen LogP contribution in [0.4, 0.5) is 13.2 Å². The van der Waals surface area contributed by atoms with Crippen LogP contribution < -0.4 is 8.92 Å². The molecule has 2 aromatic carbocycles. The van der Waals surface area contributed by atoms with Gasteiger partial charge >= 0.3 is 39.5 Å². The van der Waals surface area contributed by atoms with E-state index in [1.165, 1.54) is 24.3 Å². The maximum atomic E-state index is 12.8. The van der Waals surface area contributed by atoms with E-state index in [2.05, 4.69) is 10.3 Å². The zero-order chi connectivity index (χ0) is 38.4. The van der Waals surface area contributed by atoms with E-state index in [-0.39, 0.29) is 29.9 Å². The fourth-order valence-corrected chi connectivity index (χ4v) is 6.00. The van der Waals surface area contributed by atoms with Gasteiger partial charge in [-0.1, -0.05) is 12.1 Å². The molecular weight excluding hydrogens is 723 g/mol. The molecule has 2 aliphatic heterocycles. The van der Waals surface area contributed by atoms with Crippen LogP contribution in [0.1, 0.15) is 62.5 Å². The van der Waals surface area contributed by atoms with Crippen LogP contribution in [0.25, 0.3) is 0 Å². The first-order valence-corrected chi connectivity index (χ1v) is 17.0. The molecule has 2 saturated heterocycles. The van der Waals surface area contributed by atoms with Gasteiger partial charge in [0.25, 0.3) is 0 Å². The molecule has 52 heavy (non-hydrogen) atoms. The van der Waals surface area contributed by atoms with Crippen molar-refractivity contribution in [1.82, 2.24) is 0 Å². The summed E-state index contributed by atoms with van der Waals surface area (Å²) in [7, 11) is -5.92. The second kappa shape index (κ2) is 16.6. The molecule has 6 atom stereocenters. The van der Waals surface area contributed by atoms with Crippen LogP contribution in [0.15, 0.2) is 36.4 Å². The second-order valence-electron chi connectivity index (χ2n) is 11.7. The van der Waals surface area contributed by atoms with Crippen LogP contribution >= 0.6 is 0 Å². The number of carbonyl (C=O) groups excluding carboxylic acids is 4. The zero-order valence-electron chi connectivity index (χ0n) is 28.2. The summed E-state index contributed by atoms with van der Waals surface area (Å²) in [5.74, 6) is -3.75. The van der Waals surface area contributed by atoms with E-state index in [0.29, 0.717) is 24.2 Å². The van der Waals surface area contributed by atoms with Crippen molar-refractivity contribution in [2.45, 2.75) is 82.7 Å². The first-order chi connectivity index (χ1) is 24.4. The number of hydrogen-bond donors (Lipinski definition) is 0. The first kappa shape index (κ1) is 39.8. The summed E-state index contributed by atoms with van der Waals surface area (Å²) in [5, 5.41) is 10.1. The fraction of sp³-hybridized carbons (Fsp3) is 0.485. The summed E-state index contributed by atoms with van der Waals surface area (Å²) >= 11 is 0. The molecule has 19 heteroatoms. The van der Waals surface area contributed by atoms with Crippen molar-refractivity contribution in [3.05, 3.63) is 58.7 Å². The molecule has 0 aliphatic carbocycles. The van der Waals surface area contributed by atoms with E-state index in [0.717, 1.165) is 39.8 Å². The lowest BCUT2D eigenvalue weighted by molar-refractivity contribution is -0.254. The molecule has 0 radical (unpaired) electrons. The minimum absolute atomic E-state index is 0.0553. The van der Waals surface area contributed by atoms with Crippen molar-refractivity contribution < 1.29 is 78.1 Å². The highest BCUT2D eigenvalue weighted by Crippen LogP contribution is 2.43. The van der Waals surface area contributed by atoms with Crippen molar-refractivity contribution in [3.8, 4) is 17.6 Å². The smallest absolute Gasteiger partial charge is 0.487 e. The average Bonchev–Trinajstić information content (AvgIpc) is 3.55. The highest BCUT2D eigenvalue weighted by atomic mass is 32.2. The standard InChI is InChI=1S/C33H34F3NO14S/c1-17(38)45-16-28-30(46-18(2)39)32(48-20(4)41)31(47-19(3)40)29(50-28)26-12-22(23(14-37)13-27(26)49-25-9-10-44-15-25)11-21-5-7-24(8-6-21)51-52(42,43)33(34,35)36/h5-8,12-13,25,28-32H,9-11,15-16H2,1-4H3/t25-,28?,29+,30-,31+,32+/m1/s1. The van der Waals surface area contributed by atoms with Crippen LogP contribution in [-0.2, 0) is 64.1 Å². The zero-order valence-corrected chi connectivity index (χ0v) is 29.0. The van der Waals surface area contributed by atoms with Gasteiger partial charge in [-0.05, 0) is 41.8 Å². The minimum atomic E-state index is -5.92. The number of ether oxygens (including phenoxy) is 7. The Morgan fingerprint density at radius 2 is 1.52 bits per heavy atom. The third-order valence-electron chi connectivity index (χ3n) is 7.64. The quantitative estimate of drug-likeness (QED) is 0.132. The van der Waals surface area contributed by atoms with Gasteiger partial charge in [0.05, 0.1) is 24.8 Å². The number of rotatable bonds is 12. The Balaban J connectivity index is 1.84. The number of nitrogens with zero attached hydrogens (tertiary/aromatic N) is 1. The molecule has 1 unspecified atom stereocenters. The van der Waals surface area contributed by atoms with Crippen LogP contribution in [-0.4, -0.2) is 88.1 Å². The first-order valence-electron chi connectivity index (χ1n) is 15.6. The molecule has 0 spiro atoms. The number of benzene rings is 2. The minimum Gasteiger partial charge on any atom is -0.487 e. The molecule has 2 fully saturated rings. The summed E-state index contributed by atoms with van der Waals surface area (Å²) in [4.78, 5) is 48.9.